The number of nitrogens with one attached hydrogen (secondary N) is 2. The summed E-state index contributed by atoms with van der Waals surface area (Å²) in [4.78, 5) is 11.7. The Labute approximate surface area is 111 Å². The molecule has 2 N–H and O–H groups in total. The zero-order valence-electron chi connectivity index (χ0n) is 9.36. The largest absolute Gasteiger partial charge is 0.312 e. The summed E-state index contributed by atoms with van der Waals surface area (Å²) in [6.45, 7) is 0.886. The van der Waals surface area contributed by atoms with Gasteiger partial charge in [-0.15, -0.1) is 10.2 Å². The second kappa shape index (κ2) is 6.39. The van der Waals surface area contributed by atoms with Crippen LogP contribution in [0.25, 0.3) is 0 Å². The van der Waals surface area contributed by atoms with Gasteiger partial charge in [0.1, 0.15) is 0 Å². The number of hydrogen-bond acceptors (Lipinski definition) is 6. The van der Waals surface area contributed by atoms with Crippen LogP contribution in [0.5, 0.6) is 0 Å². The van der Waals surface area contributed by atoms with Crippen LogP contribution in [0.2, 0.25) is 0 Å². The molecule has 0 saturated carbocycles. The van der Waals surface area contributed by atoms with Gasteiger partial charge in [-0.05, 0) is 0 Å². The van der Waals surface area contributed by atoms with E-state index in [0.717, 1.165) is 18.1 Å². The molecule has 0 spiro atoms. The molecule has 0 radical (unpaired) electrons. The summed E-state index contributed by atoms with van der Waals surface area (Å²) in [5, 5.41) is 12.3. The molecule has 1 aromatic rings. The van der Waals surface area contributed by atoms with Gasteiger partial charge in [-0.1, -0.05) is 11.3 Å². The highest BCUT2D eigenvalue weighted by atomic mass is 32.2. The van der Waals surface area contributed by atoms with Crippen molar-refractivity contribution in [2.45, 2.75) is 18.9 Å². The molecule has 100 valence electrons. The second-order valence-electron chi connectivity index (χ2n) is 3.72. The maximum atomic E-state index is 12.3. The van der Waals surface area contributed by atoms with Crippen molar-refractivity contribution in [3.8, 4) is 0 Å². The Hall–Kier alpha value is -0.800. The lowest BCUT2D eigenvalue weighted by molar-refractivity contribution is -0.116. The van der Waals surface area contributed by atoms with Crippen molar-refractivity contribution in [3.63, 3.8) is 0 Å². The standard InChI is InChI=1S/C9H12F2N4OS2/c10-7(11)8-14-15-9(18-8)13-6(16)3-5-4-17-2-1-12-5/h5,7,12H,1-4H2,(H,13,15,16). The van der Waals surface area contributed by atoms with Gasteiger partial charge < -0.3 is 10.6 Å². The summed E-state index contributed by atoms with van der Waals surface area (Å²) in [7, 11) is 0. The molecule has 0 aromatic carbocycles. The van der Waals surface area contributed by atoms with Gasteiger partial charge in [0.25, 0.3) is 6.43 Å². The Bertz CT molecular complexity index is 409. The summed E-state index contributed by atoms with van der Waals surface area (Å²) in [5.41, 5.74) is 0. The fraction of sp³-hybridized carbons (Fsp3) is 0.667. The molecular formula is C9H12F2N4OS2. The molecule has 1 aliphatic rings. The second-order valence-corrected chi connectivity index (χ2v) is 5.88. The molecule has 1 saturated heterocycles. The summed E-state index contributed by atoms with van der Waals surface area (Å²) in [6.07, 6.45) is -2.33. The third kappa shape index (κ3) is 3.85. The van der Waals surface area contributed by atoms with Gasteiger partial charge >= 0.3 is 0 Å². The van der Waals surface area contributed by atoms with Gasteiger partial charge in [0.2, 0.25) is 11.0 Å². The monoisotopic (exact) mass is 294 g/mol. The van der Waals surface area contributed by atoms with E-state index in [-0.39, 0.29) is 22.1 Å². The van der Waals surface area contributed by atoms with Crippen molar-refractivity contribution < 1.29 is 13.6 Å². The first-order valence-corrected chi connectivity index (χ1v) is 7.35. The maximum Gasteiger partial charge on any atom is 0.291 e. The number of carbonyl (C=O) groups excluding carboxylic acids is 1. The number of alkyl halides is 2. The summed E-state index contributed by atoms with van der Waals surface area (Å²) >= 11 is 2.49. The minimum Gasteiger partial charge on any atom is -0.312 e. The summed E-state index contributed by atoms with van der Waals surface area (Å²) in [5.74, 6) is 1.70. The van der Waals surface area contributed by atoms with Gasteiger partial charge in [0.05, 0.1) is 0 Å². The number of thioether (sulfide) groups is 1. The minimum absolute atomic E-state index is 0.124. The Morgan fingerprint density at radius 2 is 2.39 bits per heavy atom. The molecule has 1 atom stereocenters. The highest BCUT2D eigenvalue weighted by Gasteiger charge is 2.19. The molecule has 1 unspecified atom stereocenters. The van der Waals surface area contributed by atoms with Crippen LogP contribution in [0.3, 0.4) is 0 Å². The van der Waals surface area contributed by atoms with Crippen molar-refractivity contribution in [2.24, 2.45) is 0 Å². The van der Waals surface area contributed by atoms with Crippen LogP contribution in [0.15, 0.2) is 0 Å². The van der Waals surface area contributed by atoms with Crippen LogP contribution in [-0.4, -0.2) is 40.2 Å². The van der Waals surface area contributed by atoms with E-state index in [4.69, 9.17) is 0 Å². The van der Waals surface area contributed by atoms with Crippen molar-refractivity contribution in [3.05, 3.63) is 5.01 Å². The Morgan fingerprint density at radius 3 is 3.00 bits per heavy atom. The SMILES string of the molecule is O=C(CC1CSCCN1)Nc1nnc(C(F)F)s1. The normalized spacial score (nSPS) is 20.1. The van der Waals surface area contributed by atoms with Gasteiger partial charge in [0.15, 0.2) is 5.01 Å². The third-order valence-electron chi connectivity index (χ3n) is 2.30. The molecule has 5 nitrogen and oxygen atoms in total. The van der Waals surface area contributed by atoms with Crippen molar-refractivity contribution in [1.29, 1.82) is 0 Å². The Kier molecular flexibility index (Phi) is 4.84. The van der Waals surface area contributed by atoms with Gasteiger partial charge in [-0.2, -0.15) is 11.8 Å². The molecular weight excluding hydrogens is 282 g/mol. The Morgan fingerprint density at radius 1 is 1.56 bits per heavy atom. The van der Waals surface area contributed by atoms with Crippen LogP contribution in [0.1, 0.15) is 17.9 Å². The summed E-state index contributed by atoms with van der Waals surface area (Å²) in [6, 6.07) is 0.131. The molecule has 0 aliphatic carbocycles. The molecule has 2 heterocycles. The van der Waals surface area contributed by atoms with Gasteiger partial charge in [-0.25, -0.2) is 8.78 Å². The molecule has 1 amide bonds. The van der Waals surface area contributed by atoms with E-state index in [1.807, 2.05) is 0 Å². The average molecular weight is 294 g/mol. The predicted octanol–water partition coefficient (Wildman–Crippen LogP) is 1.51. The number of aromatic nitrogens is 2. The number of nitrogens with zero attached hydrogens (tertiary/aromatic N) is 2. The van der Waals surface area contributed by atoms with Crippen LogP contribution in [-0.2, 0) is 4.79 Å². The third-order valence-corrected chi connectivity index (χ3v) is 4.28. The molecule has 18 heavy (non-hydrogen) atoms. The van der Waals surface area contributed by atoms with E-state index in [9.17, 15) is 13.6 Å². The zero-order chi connectivity index (χ0) is 13.0. The predicted molar refractivity (Wildman–Crippen MR) is 67.2 cm³/mol. The van der Waals surface area contributed by atoms with Crippen molar-refractivity contribution >= 4 is 34.1 Å². The van der Waals surface area contributed by atoms with E-state index < -0.39 is 6.43 Å². The van der Waals surface area contributed by atoms with E-state index in [0.29, 0.717) is 17.8 Å². The van der Waals surface area contributed by atoms with Crippen LogP contribution in [0, 0.1) is 0 Å². The number of amides is 1. The first kappa shape index (κ1) is 13.6. The zero-order valence-corrected chi connectivity index (χ0v) is 11.0. The lowest BCUT2D eigenvalue weighted by Crippen LogP contribution is -2.39. The maximum absolute atomic E-state index is 12.3. The molecule has 1 aliphatic heterocycles. The number of hydrogen-bond donors (Lipinski definition) is 2. The smallest absolute Gasteiger partial charge is 0.291 e. The van der Waals surface area contributed by atoms with Gasteiger partial charge in [0, 0.05) is 30.5 Å². The van der Waals surface area contributed by atoms with Crippen LogP contribution >= 0.6 is 23.1 Å². The number of halogens is 2. The lowest BCUT2D eigenvalue weighted by atomic mass is 10.2. The summed E-state index contributed by atoms with van der Waals surface area (Å²) < 4.78 is 24.5. The van der Waals surface area contributed by atoms with Crippen molar-refractivity contribution in [1.82, 2.24) is 15.5 Å². The van der Waals surface area contributed by atoms with Crippen molar-refractivity contribution in [2.75, 3.05) is 23.4 Å². The number of carbonyl (C=O) groups is 1. The molecule has 2 rings (SSSR count). The first-order chi connectivity index (χ1) is 8.65. The van der Waals surface area contributed by atoms with Gasteiger partial charge in [-0.3, -0.25) is 4.79 Å². The highest BCUT2D eigenvalue weighted by Crippen LogP contribution is 2.25. The number of anilines is 1. The quantitative estimate of drug-likeness (QED) is 0.881. The molecule has 1 fully saturated rings. The van der Waals surface area contributed by atoms with Crippen LogP contribution in [0.4, 0.5) is 13.9 Å². The van der Waals surface area contributed by atoms with E-state index in [1.165, 1.54) is 0 Å². The number of rotatable bonds is 4. The highest BCUT2D eigenvalue weighted by molar-refractivity contribution is 7.99. The van der Waals surface area contributed by atoms with E-state index >= 15 is 0 Å². The topological polar surface area (TPSA) is 66.9 Å². The Balaban J connectivity index is 1.82. The van der Waals surface area contributed by atoms with E-state index in [2.05, 4.69) is 20.8 Å². The molecule has 1 aromatic heterocycles. The first-order valence-electron chi connectivity index (χ1n) is 5.37. The lowest BCUT2D eigenvalue weighted by Gasteiger charge is -2.22. The molecule has 9 heteroatoms. The minimum atomic E-state index is -2.65. The van der Waals surface area contributed by atoms with E-state index in [1.54, 1.807) is 11.8 Å². The molecule has 0 bridgehead atoms. The fourth-order valence-electron chi connectivity index (χ4n) is 1.52. The van der Waals surface area contributed by atoms with Crippen LogP contribution < -0.4 is 10.6 Å². The average Bonchev–Trinajstić information content (AvgIpc) is 2.78. The fourth-order valence-corrected chi connectivity index (χ4v) is 3.08.